The van der Waals surface area contributed by atoms with Gasteiger partial charge < -0.3 is 10.2 Å². The number of hydrogen-bond acceptors (Lipinski definition) is 4. The Bertz CT molecular complexity index is 1700. The second-order valence-corrected chi connectivity index (χ2v) is 13.7. The number of rotatable bonds is 13. The molecular weight excluding hydrogens is 657 g/mol. The van der Waals surface area contributed by atoms with Crippen molar-refractivity contribution >= 4 is 43.5 Å². The van der Waals surface area contributed by atoms with Crippen LogP contribution in [0, 0.1) is 12.7 Å². The third-order valence-corrected chi connectivity index (χ3v) is 9.85. The van der Waals surface area contributed by atoms with E-state index in [1.54, 1.807) is 12.1 Å². The fourth-order valence-corrected chi connectivity index (χ4v) is 6.47. The third kappa shape index (κ3) is 8.79. The Hall–Kier alpha value is -4.02. The summed E-state index contributed by atoms with van der Waals surface area (Å²) in [6, 6.07) is 27.1. The number of sulfonamides is 1. The van der Waals surface area contributed by atoms with E-state index in [0.717, 1.165) is 31.5 Å². The van der Waals surface area contributed by atoms with Gasteiger partial charge in [-0.2, -0.15) is 0 Å². The molecule has 4 rings (SSSR count). The molecule has 0 saturated heterocycles. The largest absolute Gasteiger partial charge is 0.352 e. The van der Waals surface area contributed by atoms with Gasteiger partial charge in [-0.15, -0.1) is 0 Å². The molecule has 0 spiro atoms. The van der Waals surface area contributed by atoms with Crippen molar-refractivity contribution in [1.82, 2.24) is 10.2 Å². The minimum atomic E-state index is -4.39. The fourth-order valence-electron chi connectivity index (χ4n) is 4.79. The lowest BCUT2D eigenvalue weighted by molar-refractivity contribution is -0.140. The number of para-hydroxylation sites is 1. The van der Waals surface area contributed by atoms with Crippen LogP contribution >= 0.6 is 15.9 Å². The topological polar surface area (TPSA) is 86.8 Å². The zero-order valence-electron chi connectivity index (χ0n) is 25.5. The van der Waals surface area contributed by atoms with Crippen LogP contribution in [0.2, 0.25) is 0 Å². The number of nitrogens with one attached hydrogen (secondary N) is 1. The second-order valence-electron chi connectivity index (χ2n) is 10.9. The Morgan fingerprint density at radius 1 is 0.867 bits per heavy atom. The number of nitrogens with zero attached hydrogens (tertiary/aromatic N) is 2. The van der Waals surface area contributed by atoms with Crippen molar-refractivity contribution in [2.45, 2.75) is 57.1 Å². The molecule has 10 heteroatoms. The molecule has 0 radical (unpaired) electrons. The lowest BCUT2D eigenvalue weighted by Gasteiger charge is -2.34. The normalized spacial score (nSPS) is 12.6. The molecule has 0 saturated carbocycles. The van der Waals surface area contributed by atoms with E-state index >= 15 is 4.39 Å². The van der Waals surface area contributed by atoms with Crippen molar-refractivity contribution < 1.29 is 22.4 Å². The van der Waals surface area contributed by atoms with Gasteiger partial charge in [-0.05, 0) is 67.8 Å². The lowest BCUT2D eigenvalue weighted by atomic mass is 10.0. The van der Waals surface area contributed by atoms with Crippen molar-refractivity contribution in [2.75, 3.05) is 10.8 Å². The quantitative estimate of drug-likeness (QED) is 0.170. The summed E-state index contributed by atoms with van der Waals surface area (Å²) in [6.45, 7) is 4.95. The highest BCUT2D eigenvalue weighted by Gasteiger charge is 2.35. The van der Waals surface area contributed by atoms with Crippen LogP contribution in [0.25, 0.3) is 0 Å². The van der Waals surface area contributed by atoms with Crippen molar-refractivity contribution in [3.63, 3.8) is 0 Å². The van der Waals surface area contributed by atoms with Gasteiger partial charge in [0, 0.05) is 23.5 Å². The molecule has 0 unspecified atom stereocenters. The highest BCUT2D eigenvalue weighted by Crippen LogP contribution is 2.27. The number of amides is 2. The van der Waals surface area contributed by atoms with Gasteiger partial charge >= 0.3 is 0 Å². The predicted octanol–water partition coefficient (Wildman–Crippen LogP) is 6.65. The maximum Gasteiger partial charge on any atom is 0.264 e. The predicted molar refractivity (Wildman–Crippen MR) is 179 cm³/mol. The number of anilines is 1. The van der Waals surface area contributed by atoms with Gasteiger partial charge in [0.05, 0.1) is 10.6 Å². The molecular formula is C35H37BrFN3O4S. The average Bonchev–Trinajstić information content (AvgIpc) is 3.03. The maximum atomic E-state index is 15.2. The summed E-state index contributed by atoms with van der Waals surface area (Å²) < 4.78 is 44.9. The minimum Gasteiger partial charge on any atom is -0.352 e. The van der Waals surface area contributed by atoms with Gasteiger partial charge in [-0.1, -0.05) is 95.1 Å². The van der Waals surface area contributed by atoms with E-state index in [-0.39, 0.29) is 35.5 Å². The zero-order valence-corrected chi connectivity index (χ0v) is 27.9. The zero-order chi connectivity index (χ0) is 32.6. The van der Waals surface area contributed by atoms with Crippen molar-refractivity contribution in [3.05, 3.63) is 130 Å². The molecule has 0 aliphatic heterocycles. The van der Waals surface area contributed by atoms with Crippen LogP contribution < -0.4 is 9.62 Å². The molecule has 0 heterocycles. The molecule has 0 bridgehead atoms. The number of hydrogen-bond donors (Lipinski definition) is 1. The van der Waals surface area contributed by atoms with Crippen LogP contribution in [0.4, 0.5) is 10.1 Å². The summed E-state index contributed by atoms with van der Waals surface area (Å²) in [6.07, 6.45) is 0.871. The first kappa shape index (κ1) is 33.9. The number of carbonyl (C=O) groups excluding carboxylic acids is 2. The summed E-state index contributed by atoms with van der Waals surface area (Å²) in [4.78, 5) is 29.6. The van der Waals surface area contributed by atoms with E-state index in [2.05, 4.69) is 21.2 Å². The van der Waals surface area contributed by atoms with Crippen LogP contribution in [0.1, 0.15) is 37.0 Å². The van der Waals surface area contributed by atoms with Crippen molar-refractivity contribution in [3.8, 4) is 0 Å². The average molecular weight is 695 g/mol. The van der Waals surface area contributed by atoms with Crippen molar-refractivity contribution in [2.24, 2.45) is 0 Å². The van der Waals surface area contributed by atoms with Crippen LogP contribution in [-0.2, 0) is 32.6 Å². The van der Waals surface area contributed by atoms with Gasteiger partial charge in [-0.25, -0.2) is 12.8 Å². The van der Waals surface area contributed by atoms with Crippen molar-refractivity contribution in [1.29, 1.82) is 0 Å². The first-order chi connectivity index (χ1) is 21.5. The number of carbonyl (C=O) groups is 2. The van der Waals surface area contributed by atoms with E-state index in [1.165, 1.54) is 35.2 Å². The van der Waals surface area contributed by atoms with E-state index in [1.807, 2.05) is 75.4 Å². The maximum absolute atomic E-state index is 15.2. The summed E-state index contributed by atoms with van der Waals surface area (Å²) in [7, 11) is -4.39. The fraction of sp³-hybridized carbons (Fsp3) is 0.257. The highest BCUT2D eigenvalue weighted by molar-refractivity contribution is 9.10. The number of halogens is 2. The molecule has 2 atom stereocenters. The monoisotopic (exact) mass is 693 g/mol. The molecule has 1 N–H and O–H groups in total. The Kier molecular flexibility index (Phi) is 11.5. The van der Waals surface area contributed by atoms with Crippen LogP contribution in [0.15, 0.2) is 112 Å². The Morgan fingerprint density at radius 3 is 2.11 bits per heavy atom. The molecule has 0 fully saturated rings. The molecule has 7 nitrogen and oxygen atoms in total. The molecule has 4 aromatic rings. The number of benzene rings is 4. The summed E-state index contributed by atoms with van der Waals surface area (Å²) >= 11 is 3.43. The SMILES string of the molecule is CC[C@@H](C)NC(=O)[C@@H](Cc1ccccc1)N(Cc1ccc(Br)cc1)C(=O)CN(c1ccccc1F)S(=O)(=O)c1ccc(C)cc1. The van der Waals surface area contributed by atoms with Crippen LogP contribution in [0.3, 0.4) is 0 Å². The van der Waals surface area contributed by atoms with Gasteiger partial charge in [0.2, 0.25) is 11.8 Å². The van der Waals surface area contributed by atoms with E-state index in [0.29, 0.717) is 6.42 Å². The minimum absolute atomic E-state index is 0.0211. The Balaban J connectivity index is 1.81. The molecule has 45 heavy (non-hydrogen) atoms. The molecule has 4 aromatic carbocycles. The van der Waals surface area contributed by atoms with Crippen LogP contribution in [0.5, 0.6) is 0 Å². The summed E-state index contributed by atoms with van der Waals surface area (Å²) in [5, 5.41) is 3.00. The van der Waals surface area contributed by atoms with E-state index < -0.39 is 34.3 Å². The smallest absolute Gasteiger partial charge is 0.264 e. The summed E-state index contributed by atoms with van der Waals surface area (Å²) in [5.41, 5.74) is 2.14. The molecule has 2 amide bonds. The van der Waals surface area contributed by atoms with Gasteiger partial charge in [0.15, 0.2) is 0 Å². The Labute approximate surface area is 273 Å². The summed E-state index contributed by atoms with van der Waals surface area (Å²) in [5.74, 6) is -1.81. The first-order valence-electron chi connectivity index (χ1n) is 14.7. The van der Waals surface area contributed by atoms with E-state index in [9.17, 15) is 18.0 Å². The molecule has 0 aliphatic carbocycles. The van der Waals surface area contributed by atoms with E-state index in [4.69, 9.17) is 0 Å². The number of aryl methyl sites for hydroxylation is 1. The lowest BCUT2D eigenvalue weighted by Crippen LogP contribution is -2.54. The molecule has 0 aromatic heterocycles. The highest BCUT2D eigenvalue weighted by atomic mass is 79.9. The first-order valence-corrected chi connectivity index (χ1v) is 16.9. The molecule has 0 aliphatic rings. The van der Waals surface area contributed by atoms with Gasteiger partial charge in [-0.3, -0.25) is 13.9 Å². The Morgan fingerprint density at radius 2 is 1.49 bits per heavy atom. The van der Waals surface area contributed by atoms with Gasteiger partial charge in [0.25, 0.3) is 10.0 Å². The van der Waals surface area contributed by atoms with Gasteiger partial charge in [0.1, 0.15) is 18.4 Å². The second kappa shape index (κ2) is 15.3. The third-order valence-electron chi connectivity index (χ3n) is 7.55. The van der Waals surface area contributed by atoms with Crippen LogP contribution in [-0.4, -0.2) is 43.8 Å². The standard InChI is InChI=1S/C35H37BrFN3O4S/c1-4-26(3)38-35(42)33(22-27-10-6-5-7-11-27)39(23-28-16-18-29(36)19-17-28)34(41)24-40(32-13-9-8-12-31(32)37)45(43,44)30-20-14-25(2)15-21-30/h5-21,26,33H,4,22-24H2,1-3H3,(H,38,42)/t26-,33-/m1/s1. The molecule has 236 valence electrons.